The molecule has 0 saturated carbocycles. The smallest absolute Gasteiger partial charge is 0.331 e. The first kappa shape index (κ1) is 45.6. The van der Waals surface area contributed by atoms with Gasteiger partial charge in [0.05, 0.1) is 24.4 Å². The van der Waals surface area contributed by atoms with Gasteiger partial charge in [0, 0.05) is 59.5 Å². The number of ether oxygens (including phenoxy) is 2. The van der Waals surface area contributed by atoms with E-state index in [-0.39, 0.29) is 23.4 Å². The van der Waals surface area contributed by atoms with Crippen LogP contribution in [0.5, 0.6) is 0 Å². The van der Waals surface area contributed by atoms with E-state index < -0.39 is 84.1 Å². The summed E-state index contributed by atoms with van der Waals surface area (Å²) < 4.78 is 11.6. The lowest BCUT2D eigenvalue weighted by atomic mass is 9.82. The molecule has 0 spiro atoms. The molecule has 0 aliphatic carbocycles. The normalized spacial score (nSPS) is 29.3. The van der Waals surface area contributed by atoms with Crippen LogP contribution in [-0.4, -0.2) is 80.6 Å². The van der Waals surface area contributed by atoms with Crippen molar-refractivity contribution in [2.75, 3.05) is 0 Å². The van der Waals surface area contributed by atoms with E-state index in [2.05, 4.69) is 0 Å². The largest absolute Gasteiger partial charge is 0.458 e. The molecular formula is C41H62O10. The van der Waals surface area contributed by atoms with Gasteiger partial charge in [0.1, 0.15) is 12.2 Å². The van der Waals surface area contributed by atoms with Gasteiger partial charge >= 0.3 is 11.9 Å². The van der Waals surface area contributed by atoms with Gasteiger partial charge in [0.2, 0.25) is 0 Å². The molecule has 1 aliphatic heterocycles. The van der Waals surface area contributed by atoms with Gasteiger partial charge in [-0.1, -0.05) is 104 Å². The molecule has 4 N–H and O–H groups in total. The molecule has 0 aromatic carbocycles. The van der Waals surface area contributed by atoms with Crippen LogP contribution in [0.3, 0.4) is 0 Å². The Labute approximate surface area is 304 Å². The van der Waals surface area contributed by atoms with E-state index in [0.29, 0.717) is 6.42 Å². The lowest BCUT2D eigenvalue weighted by Gasteiger charge is -2.33. The standard InChI is InChI=1S/C41H62O10/c1-11-33(32(10)43)21-23-35(45)28(6)39(49)30(8)41-26(4)17-13-15-18-36(46)50-40(25(3)16-12-14-19-37(47)51-41)29(7)38(48)27(5)34(44)22-20-24(2)31(9)42/h12-33,38-43,48-49H,11H2,1-10H3/b16-12+,17-13+,18-15+,19-14+,22-20+,23-21+/t24-,25-,26-,27+,28+,29-,30+,31+,32?,33-,38-,39-,40-,41-/m0/s1. The zero-order valence-corrected chi connectivity index (χ0v) is 32.0. The Kier molecular flexibility index (Phi) is 20.1. The molecule has 14 atom stereocenters. The SMILES string of the molecule is CC[C@@H](/C=C/C(=O)[C@@H](C)[C@H](O)[C@@H](C)[C@H]1OC(=O)/C=C/C=C/[C@H](C)[C@@H]([C@@H](C)[C@@H](O)[C@H](C)C(=O)/C=C/[C@H](C)[C@@H](C)O)OC(=O)/C=C/C=C/[C@@H]1C)C(C)O. The summed E-state index contributed by atoms with van der Waals surface area (Å²) in [6.45, 7) is 17.2. The predicted octanol–water partition coefficient (Wildman–Crippen LogP) is 5.26. The van der Waals surface area contributed by atoms with Crippen molar-refractivity contribution in [2.24, 2.45) is 47.3 Å². The average Bonchev–Trinajstić information content (AvgIpc) is 3.09. The molecule has 10 nitrogen and oxygen atoms in total. The van der Waals surface area contributed by atoms with Crippen LogP contribution in [0.15, 0.2) is 72.9 Å². The number of aliphatic hydroxyl groups is 4. The van der Waals surface area contributed by atoms with Gasteiger partial charge in [0.25, 0.3) is 0 Å². The van der Waals surface area contributed by atoms with Gasteiger partial charge in [-0.2, -0.15) is 0 Å². The summed E-state index contributed by atoms with van der Waals surface area (Å²) >= 11 is 0. The second-order valence-electron chi connectivity index (χ2n) is 14.2. The van der Waals surface area contributed by atoms with Crippen LogP contribution >= 0.6 is 0 Å². The Morgan fingerprint density at radius 2 is 1.06 bits per heavy atom. The number of allylic oxidation sites excluding steroid dienone is 6. The molecular weight excluding hydrogens is 652 g/mol. The Balaban J connectivity index is 3.25. The van der Waals surface area contributed by atoms with Crippen LogP contribution in [-0.2, 0) is 28.7 Å². The van der Waals surface area contributed by atoms with Gasteiger partial charge < -0.3 is 29.9 Å². The van der Waals surface area contributed by atoms with E-state index in [0.717, 1.165) is 0 Å². The molecule has 0 radical (unpaired) electrons. The molecule has 1 unspecified atom stereocenters. The highest BCUT2D eigenvalue weighted by Gasteiger charge is 2.37. The minimum Gasteiger partial charge on any atom is -0.458 e. The summed E-state index contributed by atoms with van der Waals surface area (Å²) in [6, 6.07) is 0. The van der Waals surface area contributed by atoms with Gasteiger partial charge in [-0.25, -0.2) is 9.59 Å². The van der Waals surface area contributed by atoms with Crippen molar-refractivity contribution in [1.29, 1.82) is 0 Å². The Morgan fingerprint density at radius 3 is 1.41 bits per heavy atom. The Morgan fingerprint density at radius 1 is 0.667 bits per heavy atom. The number of hydrogen-bond donors (Lipinski definition) is 4. The second kappa shape index (κ2) is 22.5. The maximum atomic E-state index is 13.0. The molecule has 1 aliphatic rings. The van der Waals surface area contributed by atoms with Crippen molar-refractivity contribution < 1.29 is 49.1 Å². The molecule has 1 heterocycles. The maximum absolute atomic E-state index is 13.0. The molecule has 0 aromatic heterocycles. The lowest BCUT2D eigenvalue weighted by Crippen LogP contribution is -2.41. The van der Waals surface area contributed by atoms with Gasteiger partial charge in [-0.05, 0) is 32.4 Å². The minimum atomic E-state index is -1.15. The fourth-order valence-corrected chi connectivity index (χ4v) is 5.90. The first-order chi connectivity index (χ1) is 23.8. The number of esters is 2. The van der Waals surface area contributed by atoms with Gasteiger partial charge in [-0.15, -0.1) is 0 Å². The van der Waals surface area contributed by atoms with E-state index in [1.807, 2.05) is 6.92 Å². The second-order valence-corrected chi connectivity index (χ2v) is 14.2. The molecule has 0 saturated heterocycles. The monoisotopic (exact) mass is 714 g/mol. The molecule has 1 rings (SSSR count). The number of rotatable bonds is 15. The Bertz CT molecular complexity index is 1310. The topological polar surface area (TPSA) is 168 Å². The number of carbonyl (C=O) groups is 4. The molecule has 0 fully saturated rings. The van der Waals surface area contributed by atoms with Crippen molar-refractivity contribution in [3.63, 3.8) is 0 Å². The maximum Gasteiger partial charge on any atom is 0.331 e. The van der Waals surface area contributed by atoms with Crippen molar-refractivity contribution in [3.8, 4) is 0 Å². The summed E-state index contributed by atoms with van der Waals surface area (Å²) in [5, 5.41) is 42.0. The fraction of sp³-hybridized carbons (Fsp3) is 0.610. The van der Waals surface area contributed by atoms with Crippen LogP contribution in [0.1, 0.15) is 75.7 Å². The zero-order valence-electron chi connectivity index (χ0n) is 32.0. The third-order valence-electron chi connectivity index (χ3n) is 10.0. The van der Waals surface area contributed by atoms with Crippen molar-refractivity contribution >= 4 is 23.5 Å². The van der Waals surface area contributed by atoms with Crippen molar-refractivity contribution in [2.45, 2.75) is 112 Å². The molecule has 286 valence electrons. The van der Waals surface area contributed by atoms with Crippen LogP contribution in [0.2, 0.25) is 0 Å². The summed E-state index contributed by atoms with van der Waals surface area (Å²) in [5.74, 6) is -6.17. The van der Waals surface area contributed by atoms with E-state index >= 15 is 0 Å². The van der Waals surface area contributed by atoms with Crippen LogP contribution < -0.4 is 0 Å². The van der Waals surface area contributed by atoms with Gasteiger partial charge in [0.15, 0.2) is 11.6 Å². The predicted molar refractivity (Wildman–Crippen MR) is 198 cm³/mol. The van der Waals surface area contributed by atoms with Crippen LogP contribution in [0, 0.1) is 47.3 Å². The third-order valence-corrected chi connectivity index (χ3v) is 10.0. The van der Waals surface area contributed by atoms with Crippen LogP contribution in [0.4, 0.5) is 0 Å². The van der Waals surface area contributed by atoms with Gasteiger partial charge in [-0.3, -0.25) is 9.59 Å². The Hall–Kier alpha value is -3.44. The number of aliphatic hydroxyl groups excluding tert-OH is 4. The zero-order chi connectivity index (χ0) is 39.0. The van der Waals surface area contributed by atoms with E-state index in [1.54, 1.807) is 98.8 Å². The lowest BCUT2D eigenvalue weighted by molar-refractivity contribution is -0.152. The first-order valence-corrected chi connectivity index (χ1v) is 18.1. The van der Waals surface area contributed by atoms with Crippen molar-refractivity contribution in [1.82, 2.24) is 0 Å². The molecule has 10 heteroatoms. The molecule has 51 heavy (non-hydrogen) atoms. The number of cyclic esters (lactones) is 2. The van der Waals surface area contributed by atoms with E-state index in [4.69, 9.17) is 9.47 Å². The average molecular weight is 715 g/mol. The number of ketones is 2. The van der Waals surface area contributed by atoms with Crippen molar-refractivity contribution in [3.05, 3.63) is 72.9 Å². The fourth-order valence-electron chi connectivity index (χ4n) is 5.90. The van der Waals surface area contributed by atoms with E-state index in [9.17, 15) is 39.6 Å². The highest BCUT2D eigenvalue weighted by atomic mass is 16.5. The summed E-state index contributed by atoms with van der Waals surface area (Å²) in [7, 11) is 0. The highest BCUT2D eigenvalue weighted by Crippen LogP contribution is 2.28. The minimum absolute atomic E-state index is 0.191. The molecule has 0 bridgehead atoms. The third kappa shape index (κ3) is 15.0. The van der Waals surface area contributed by atoms with Crippen LogP contribution in [0.25, 0.3) is 0 Å². The summed E-state index contributed by atoms with van der Waals surface area (Å²) in [4.78, 5) is 51.7. The first-order valence-electron chi connectivity index (χ1n) is 18.1. The molecule has 0 amide bonds. The number of hydrogen-bond acceptors (Lipinski definition) is 10. The van der Waals surface area contributed by atoms with E-state index in [1.165, 1.54) is 36.5 Å². The quantitative estimate of drug-likeness (QED) is 0.130. The summed E-state index contributed by atoms with van der Waals surface area (Å²) in [5.41, 5.74) is 0. The molecule has 0 aromatic rings. The highest BCUT2D eigenvalue weighted by molar-refractivity contribution is 5.92. The summed E-state index contributed by atoms with van der Waals surface area (Å²) in [6.07, 6.45) is 13.5. The number of carbonyl (C=O) groups excluding carboxylic acids is 4.